The van der Waals surface area contributed by atoms with Gasteiger partial charge in [0, 0.05) is 7.05 Å². The van der Waals surface area contributed by atoms with Gasteiger partial charge in [0.05, 0.1) is 33.3 Å². The molecule has 0 bridgehead atoms. The molecule has 0 saturated carbocycles. The summed E-state index contributed by atoms with van der Waals surface area (Å²) in [7, 11) is 1.66. The maximum absolute atomic E-state index is 12.8. The van der Waals surface area contributed by atoms with Crippen molar-refractivity contribution >= 4 is 109 Å². The Balaban J connectivity index is 1.52. The first-order chi connectivity index (χ1) is 17.1. The molecule has 184 valence electrons. The summed E-state index contributed by atoms with van der Waals surface area (Å²) in [6, 6.07) is 15.5. The van der Waals surface area contributed by atoms with Crippen LogP contribution in [0.4, 0.5) is 5.69 Å². The van der Waals surface area contributed by atoms with Gasteiger partial charge in [-0.1, -0.05) is 29.3 Å². The van der Waals surface area contributed by atoms with Crippen LogP contribution in [0, 0.1) is 7.14 Å². The number of likely N-dealkylation sites (N-methyl/N-ethyl adjacent to an activating group) is 1. The Morgan fingerprint density at radius 1 is 1.08 bits per heavy atom. The van der Waals surface area contributed by atoms with E-state index >= 15 is 0 Å². The van der Waals surface area contributed by atoms with Crippen LogP contribution in [0.3, 0.4) is 0 Å². The van der Waals surface area contributed by atoms with Gasteiger partial charge in [-0.15, -0.1) is 0 Å². The molecule has 1 amide bonds. The molecule has 1 saturated heterocycles. The lowest BCUT2D eigenvalue weighted by Gasteiger charge is -2.12. The molecule has 36 heavy (non-hydrogen) atoms. The Hall–Kier alpha value is -1.80. The number of benzene rings is 3. The number of halogens is 4. The number of hydrogen-bond donors (Lipinski definition) is 1. The van der Waals surface area contributed by atoms with Crippen molar-refractivity contribution in [3.8, 4) is 5.75 Å². The zero-order valence-corrected chi connectivity index (χ0v) is 25.1. The van der Waals surface area contributed by atoms with E-state index in [0.717, 1.165) is 24.0 Å². The molecule has 0 unspecified atom stereocenters. The number of carboxylic acid groups (broad SMARTS) is 1. The number of carbonyl (C=O) groups excluding carboxylic acids is 1. The third kappa shape index (κ3) is 6.36. The first-order valence-corrected chi connectivity index (χ1v) is 14.0. The summed E-state index contributed by atoms with van der Waals surface area (Å²) in [4.78, 5) is 30.4. The molecule has 1 aliphatic rings. The maximum Gasteiger partial charge on any atom is 0.335 e. The van der Waals surface area contributed by atoms with Crippen molar-refractivity contribution in [3.63, 3.8) is 0 Å². The van der Waals surface area contributed by atoms with Crippen LogP contribution in [0.25, 0.3) is 6.08 Å². The highest BCUT2D eigenvalue weighted by Crippen LogP contribution is 2.36. The molecule has 1 N–H and O–H groups in total. The molecule has 0 atom stereocenters. The fourth-order valence-corrected chi connectivity index (χ4v) is 6.61. The van der Waals surface area contributed by atoms with Crippen LogP contribution in [-0.4, -0.2) is 34.1 Å². The molecule has 11 heteroatoms. The van der Waals surface area contributed by atoms with E-state index in [0.29, 0.717) is 32.4 Å². The fourth-order valence-electron chi connectivity index (χ4n) is 3.18. The molecule has 0 aromatic heterocycles. The normalized spacial score (nSPS) is 15.7. The predicted octanol–water partition coefficient (Wildman–Crippen LogP) is 7.71. The molecule has 0 spiro atoms. The highest BCUT2D eigenvalue weighted by Gasteiger charge is 2.30. The summed E-state index contributed by atoms with van der Waals surface area (Å²) in [5, 5.41) is 10.5. The maximum atomic E-state index is 12.8. The van der Waals surface area contributed by atoms with E-state index in [1.54, 1.807) is 31.3 Å². The number of amidine groups is 1. The molecular formula is C25H16Cl2I2N2O4S. The van der Waals surface area contributed by atoms with Gasteiger partial charge in [0.2, 0.25) is 0 Å². The number of ether oxygens (including phenoxy) is 1. The molecule has 0 radical (unpaired) electrons. The summed E-state index contributed by atoms with van der Waals surface area (Å²) in [6.07, 6.45) is 1.83. The first kappa shape index (κ1) is 27.2. The van der Waals surface area contributed by atoms with E-state index in [9.17, 15) is 9.59 Å². The van der Waals surface area contributed by atoms with Crippen LogP contribution in [-0.2, 0) is 11.4 Å². The summed E-state index contributed by atoms with van der Waals surface area (Å²) < 4.78 is 7.86. The summed E-state index contributed by atoms with van der Waals surface area (Å²) >= 11 is 17.8. The monoisotopic (exact) mass is 764 g/mol. The van der Waals surface area contributed by atoms with Gasteiger partial charge in [-0.2, -0.15) is 0 Å². The standard InChI is InChI=1S/C25H16Cl2I2N2O4S/c1-31-23(32)21(36-25(31)30-16-5-3-15(4-6-16)24(33)34)11-14-9-19(28)22(20(29)10-14)35-12-13-2-7-17(26)18(27)8-13/h2-11H,12H2,1H3,(H,33,34)/b21-11-,30-25?. The summed E-state index contributed by atoms with van der Waals surface area (Å²) in [5.41, 5.74) is 2.51. The van der Waals surface area contributed by atoms with Crippen LogP contribution in [0.15, 0.2) is 64.5 Å². The zero-order chi connectivity index (χ0) is 26.0. The fraction of sp³-hybridized carbons (Fsp3) is 0.0800. The topological polar surface area (TPSA) is 79.2 Å². The zero-order valence-electron chi connectivity index (χ0n) is 18.5. The largest absolute Gasteiger partial charge is 0.487 e. The first-order valence-electron chi connectivity index (χ1n) is 10.3. The lowest BCUT2D eigenvalue weighted by molar-refractivity contribution is -0.121. The van der Waals surface area contributed by atoms with Crippen LogP contribution in [0.1, 0.15) is 21.5 Å². The SMILES string of the molecule is CN1C(=O)/C(=C/c2cc(I)c(OCc3ccc(Cl)c(Cl)c3)c(I)c2)SC1=Nc1ccc(C(=O)O)cc1. The van der Waals surface area contributed by atoms with Crippen molar-refractivity contribution < 1.29 is 19.4 Å². The van der Waals surface area contributed by atoms with E-state index in [-0.39, 0.29) is 11.5 Å². The highest BCUT2D eigenvalue weighted by molar-refractivity contribution is 14.1. The predicted molar refractivity (Wildman–Crippen MR) is 162 cm³/mol. The highest BCUT2D eigenvalue weighted by atomic mass is 127. The van der Waals surface area contributed by atoms with E-state index in [4.69, 9.17) is 33.0 Å². The second kappa shape index (κ2) is 11.7. The van der Waals surface area contributed by atoms with Crippen LogP contribution in [0.2, 0.25) is 10.0 Å². The van der Waals surface area contributed by atoms with E-state index < -0.39 is 5.97 Å². The Morgan fingerprint density at radius 2 is 1.75 bits per heavy atom. The third-order valence-corrected chi connectivity index (χ3v) is 8.43. The van der Waals surface area contributed by atoms with Crippen LogP contribution >= 0.6 is 80.1 Å². The lowest BCUT2D eigenvalue weighted by atomic mass is 10.2. The minimum absolute atomic E-state index is 0.161. The number of carbonyl (C=O) groups is 2. The molecule has 1 heterocycles. The number of aromatic carboxylic acids is 1. The van der Waals surface area contributed by atoms with Crippen molar-refractivity contribution in [2.75, 3.05) is 7.05 Å². The van der Waals surface area contributed by atoms with Crippen molar-refractivity contribution in [2.24, 2.45) is 4.99 Å². The summed E-state index contributed by atoms with van der Waals surface area (Å²) in [6.45, 7) is 0.343. The second-order valence-corrected chi connectivity index (χ2v) is 11.7. The average molecular weight is 765 g/mol. The number of thioether (sulfide) groups is 1. The molecule has 1 aliphatic heterocycles. The van der Waals surface area contributed by atoms with Gasteiger partial charge in [-0.25, -0.2) is 9.79 Å². The van der Waals surface area contributed by atoms with Gasteiger partial charge < -0.3 is 9.84 Å². The molecular weight excluding hydrogens is 749 g/mol. The quantitative estimate of drug-likeness (QED) is 0.206. The van der Waals surface area contributed by atoms with Crippen molar-refractivity contribution in [1.82, 2.24) is 4.90 Å². The minimum Gasteiger partial charge on any atom is -0.487 e. The summed E-state index contributed by atoms with van der Waals surface area (Å²) in [5.74, 6) is -0.415. The number of aliphatic imine (C=N–C) groups is 1. The average Bonchev–Trinajstić information content (AvgIpc) is 3.08. The number of amides is 1. The van der Waals surface area contributed by atoms with E-state index in [2.05, 4.69) is 50.2 Å². The lowest BCUT2D eigenvalue weighted by Crippen LogP contribution is -2.23. The molecule has 3 aromatic carbocycles. The van der Waals surface area contributed by atoms with Crippen LogP contribution in [0.5, 0.6) is 5.75 Å². The molecule has 3 aromatic rings. The van der Waals surface area contributed by atoms with E-state index in [1.807, 2.05) is 24.3 Å². The second-order valence-electron chi connectivity index (χ2n) is 7.57. The Kier molecular flexibility index (Phi) is 8.87. The molecule has 6 nitrogen and oxygen atoms in total. The third-order valence-electron chi connectivity index (χ3n) is 5.03. The van der Waals surface area contributed by atoms with Crippen LogP contribution < -0.4 is 4.74 Å². The molecule has 1 fully saturated rings. The van der Waals surface area contributed by atoms with E-state index in [1.165, 1.54) is 28.8 Å². The molecule has 0 aliphatic carbocycles. The smallest absolute Gasteiger partial charge is 0.335 e. The van der Waals surface area contributed by atoms with Gasteiger partial charge in [0.25, 0.3) is 5.91 Å². The Bertz CT molecular complexity index is 1410. The Labute approximate surface area is 249 Å². The van der Waals surface area contributed by atoms with Gasteiger partial charge >= 0.3 is 5.97 Å². The number of nitrogens with zero attached hydrogens (tertiary/aromatic N) is 2. The van der Waals surface area contributed by atoms with Gasteiger partial charge in [-0.05, 0) is 123 Å². The van der Waals surface area contributed by atoms with Gasteiger partial charge in [-0.3, -0.25) is 9.69 Å². The van der Waals surface area contributed by atoms with Crippen molar-refractivity contribution in [1.29, 1.82) is 0 Å². The molecule has 4 rings (SSSR count). The van der Waals surface area contributed by atoms with Crippen molar-refractivity contribution in [3.05, 3.63) is 93.4 Å². The minimum atomic E-state index is -1.00. The number of rotatable bonds is 6. The Morgan fingerprint density at radius 3 is 2.36 bits per heavy atom. The van der Waals surface area contributed by atoms with Gasteiger partial charge in [0.1, 0.15) is 12.4 Å². The van der Waals surface area contributed by atoms with Crippen molar-refractivity contribution in [2.45, 2.75) is 6.61 Å². The van der Waals surface area contributed by atoms with Gasteiger partial charge in [0.15, 0.2) is 5.17 Å². The number of hydrogen-bond acceptors (Lipinski definition) is 5. The number of carboxylic acids is 1.